The first-order valence-electron chi connectivity index (χ1n) is 7.01. The number of rotatable bonds is 4. The van der Waals surface area contributed by atoms with Gasteiger partial charge in [0.15, 0.2) is 0 Å². The standard InChI is InChI=1S/C15H25N3/c1-12(14-4-8-16-9-5-14)17-13(2)15-6-10-18(3)11-7-15/h4-5,8-9,12-13,15,17H,6-7,10-11H2,1-3H3/t12-,13?/m1/s1. The molecule has 100 valence electrons. The molecular formula is C15H25N3. The van der Waals surface area contributed by atoms with Crippen molar-refractivity contribution in [2.75, 3.05) is 20.1 Å². The van der Waals surface area contributed by atoms with E-state index in [1.165, 1.54) is 31.5 Å². The summed E-state index contributed by atoms with van der Waals surface area (Å²) in [6.45, 7) is 7.04. The van der Waals surface area contributed by atoms with Crippen molar-refractivity contribution >= 4 is 0 Å². The molecule has 1 aromatic heterocycles. The monoisotopic (exact) mass is 247 g/mol. The Labute approximate surface area is 111 Å². The van der Waals surface area contributed by atoms with Gasteiger partial charge in [-0.25, -0.2) is 0 Å². The Bertz CT molecular complexity index is 344. The van der Waals surface area contributed by atoms with Gasteiger partial charge in [0.05, 0.1) is 0 Å². The molecule has 0 spiro atoms. The third-order valence-electron chi connectivity index (χ3n) is 4.19. The van der Waals surface area contributed by atoms with E-state index in [-0.39, 0.29) is 0 Å². The highest BCUT2D eigenvalue weighted by Crippen LogP contribution is 2.22. The van der Waals surface area contributed by atoms with Gasteiger partial charge in [-0.2, -0.15) is 0 Å². The van der Waals surface area contributed by atoms with Crippen LogP contribution in [0.3, 0.4) is 0 Å². The molecule has 0 radical (unpaired) electrons. The van der Waals surface area contributed by atoms with E-state index in [2.05, 4.69) is 48.2 Å². The molecule has 1 N–H and O–H groups in total. The van der Waals surface area contributed by atoms with Crippen LogP contribution in [-0.2, 0) is 0 Å². The molecule has 1 unspecified atom stereocenters. The van der Waals surface area contributed by atoms with Gasteiger partial charge in [-0.05, 0) is 70.4 Å². The van der Waals surface area contributed by atoms with Crippen LogP contribution in [0, 0.1) is 5.92 Å². The zero-order chi connectivity index (χ0) is 13.0. The maximum absolute atomic E-state index is 4.07. The topological polar surface area (TPSA) is 28.2 Å². The van der Waals surface area contributed by atoms with Crippen molar-refractivity contribution in [3.8, 4) is 0 Å². The van der Waals surface area contributed by atoms with Crippen LogP contribution < -0.4 is 5.32 Å². The van der Waals surface area contributed by atoms with E-state index < -0.39 is 0 Å². The van der Waals surface area contributed by atoms with Gasteiger partial charge >= 0.3 is 0 Å². The van der Waals surface area contributed by atoms with Crippen LogP contribution in [0.1, 0.15) is 38.3 Å². The Morgan fingerprint density at radius 2 is 1.83 bits per heavy atom. The van der Waals surface area contributed by atoms with Crippen LogP contribution in [0.5, 0.6) is 0 Å². The molecule has 1 aliphatic heterocycles. The lowest BCUT2D eigenvalue weighted by Gasteiger charge is -2.34. The lowest BCUT2D eigenvalue weighted by Crippen LogP contribution is -2.41. The van der Waals surface area contributed by atoms with Gasteiger partial charge in [-0.1, -0.05) is 0 Å². The van der Waals surface area contributed by atoms with Crippen LogP contribution >= 0.6 is 0 Å². The highest BCUT2D eigenvalue weighted by Gasteiger charge is 2.23. The highest BCUT2D eigenvalue weighted by molar-refractivity contribution is 5.14. The SMILES string of the molecule is CC(N[C@H](C)c1ccncc1)C1CCN(C)CC1. The minimum absolute atomic E-state index is 0.405. The molecule has 1 aliphatic rings. The van der Waals surface area contributed by atoms with Crippen LogP contribution in [-0.4, -0.2) is 36.1 Å². The smallest absolute Gasteiger partial charge is 0.0295 e. The Kier molecular flexibility index (Phi) is 4.72. The summed E-state index contributed by atoms with van der Waals surface area (Å²) in [5, 5.41) is 3.73. The number of piperidine rings is 1. The number of hydrogen-bond donors (Lipinski definition) is 1. The summed E-state index contributed by atoms with van der Waals surface area (Å²) in [5.41, 5.74) is 1.32. The molecular weight excluding hydrogens is 222 g/mol. The number of likely N-dealkylation sites (tertiary alicyclic amines) is 1. The van der Waals surface area contributed by atoms with Crippen LogP contribution in [0.15, 0.2) is 24.5 Å². The Morgan fingerprint density at radius 1 is 1.22 bits per heavy atom. The first-order chi connectivity index (χ1) is 8.66. The number of hydrogen-bond acceptors (Lipinski definition) is 3. The second-order valence-electron chi connectivity index (χ2n) is 5.60. The van der Waals surface area contributed by atoms with Gasteiger partial charge in [0.2, 0.25) is 0 Å². The number of aromatic nitrogens is 1. The summed E-state index contributed by atoms with van der Waals surface area (Å²) in [4.78, 5) is 6.50. The minimum atomic E-state index is 0.405. The molecule has 3 nitrogen and oxygen atoms in total. The van der Waals surface area contributed by atoms with Gasteiger partial charge in [0, 0.05) is 24.5 Å². The minimum Gasteiger partial charge on any atom is -0.307 e. The third-order valence-corrected chi connectivity index (χ3v) is 4.19. The molecule has 2 heterocycles. The summed E-state index contributed by atoms with van der Waals surface area (Å²) in [6.07, 6.45) is 6.36. The van der Waals surface area contributed by atoms with E-state index in [4.69, 9.17) is 0 Å². The second kappa shape index (κ2) is 6.30. The van der Waals surface area contributed by atoms with Crippen molar-refractivity contribution in [3.05, 3.63) is 30.1 Å². The number of nitrogens with one attached hydrogen (secondary N) is 1. The zero-order valence-corrected chi connectivity index (χ0v) is 11.8. The molecule has 0 saturated carbocycles. The van der Waals surface area contributed by atoms with Gasteiger partial charge in [0.25, 0.3) is 0 Å². The molecule has 18 heavy (non-hydrogen) atoms. The van der Waals surface area contributed by atoms with E-state index in [9.17, 15) is 0 Å². The molecule has 0 aliphatic carbocycles. The van der Waals surface area contributed by atoms with Crippen molar-refractivity contribution in [2.45, 2.75) is 38.8 Å². The van der Waals surface area contributed by atoms with Crippen LogP contribution in [0.4, 0.5) is 0 Å². The first-order valence-corrected chi connectivity index (χ1v) is 7.01. The molecule has 0 aromatic carbocycles. The van der Waals surface area contributed by atoms with Crippen molar-refractivity contribution in [1.29, 1.82) is 0 Å². The fraction of sp³-hybridized carbons (Fsp3) is 0.667. The van der Waals surface area contributed by atoms with E-state index in [1.54, 1.807) is 0 Å². The molecule has 1 aromatic rings. The first kappa shape index (κ1) is 13.5. The Hall–Kier alpha value is -0.930. The third kappa shape index (κ3) is 3.53. The lowest BCUT2D eigenvalue weighted by atomic mass is 9.90. The van der Waals surface area contributed by atoms with Crippen molar-refractivity contribution in [2.24, 2.45) is 5.92 Å². The number of pyridine rings is 1. The second-order valence-corrected chi connectivity index (χ2v) is 5.60. The molecule has 1 fully saturated rings. The summed E-state index contributed by atoms with van der Waals surface area (Å²) in [7, 11) is 2.22. The molecule has 2 atom stereocenters. The van der Waals surface area contributed by atoms with E-state index in [0.29, 0.717) is 12.1 Å². The largest absolute Gasteiger partial charge is 0.307 e. The van der Waals surface area contributed by atoms with Gasteiger partial charge in [0.1, 0.15) is 0 Å². The van der Waals surface area contributed by atoms with E-state index >= 15 is 0 Å². The predicted octanol–water partition coefficient (Wildman–Crippen LogP) is 2.46. The molecule has 3 heteroatoms. The molecule has 1 saturated heterocycles. The van der Waals surface area contributed by atoms with Crippen LogP contribution in [0.2, 0.25) is 0 Å². The van der Waals surface area contributed by atoms with E-state index in [0.717, 1.165) is 5.92 Å². The van der Waals surface area contributed by atoms with Crippen molar-refractivity contribution < 1.29 is 0 Å². The average Bonchev–Trinajstić information content (AvgIpc) is 2.40. The van der Waals surface area contributed by atoms with Gasteiger partial charge in [-0.3, -0.25) is 4.98 Å². The summed E-state index contributed by atoms with van der Waals surface area (Å²) >= 11 is 0. The van der Waals surface area contributed by atoms with Crippen LogP contribution in [0.25, 0.3) is 0 Å². The fourth-order valence-corrected chi connectivity index (χ4v) is 2.81. The average molecular weight is 247 g/mol. The maximum atomic E-state index is 4.07. The summed E-state index contributed by atoms with van der Waals surface area (Å²) < 4.78 is 0. The molecule has 0 amide bonds. The van der Waals surface area contributed by atoms with Gasteiger partial charge in [-0.15, -0.1) is 0 Å². The van der Waals surface area contributed by atoms with Crippen molar-refractivity contribution in [1.82, 2.24) is 15.2 Å². The fourth-order valence-electron chi connectivity index (χ4n) is 2.81. The maximum Gasteiger partial charge on any atom is 0.0295 e. The highest BCUT2D eigenvalue weighted by atomic mass is 15.1. The lowest BCUT2D eigenvalue weighted by molar-refractivity contribution is 0.185. The number of nitrogens with zero attached hydrogens (tertiary/aromatic N) is 2. The summed E-state index contributed by atoms with van der Waals surface area (Å²) in [6, 6.07) is 5.18. The normalized spacial score (nSPS) is 21.7. The zero-order valence-electron chi connectivity index (χ0n) is 11.8. The molecule has 0 bridgehead atoms. The Morgan fingerprint density at radius 3 is 2.44 bits per heavy atom. The Balaban J connectivity index is 1.85. The van der Waals surface area contributed by atoms with E-state index in [1.807, 2.05) is 12.4 Å². The van der Waals surface area contributed by atoms with Gasteiger partial charge < -0.3 is 10.2 Å². The van der Waals surface area contributed by atoms with Crippen molar-refractivity contribution in [3.63, 3.8) is 0 Å². The molecule has 2 rings (SSSR count). The predicted molar refractivity (Wildman–Crippen MR) is 75.5 cm³/mol. The summed E-state index contributed by atoms with van der Waals surface area (Å²) in [5.74, 6) is 0.811. The quantitative estimate of drug-likeness (QED) is 0.886.